The molecule has 0 aliphatic carbocycles. The molecule has 1 atom stereocenters. The molecule has 8 heteroatoms. The topological polar surface area (TPSA) is 70.1 Å². The van der Waals surface area contributed by atoms with Crippen molar-refractivity contribution in [1.29, 1.82) is 0 Å². The lowest BCUT2D eigenvalue weighted by Crippen LogP contribution is -2.50. The first-order valence-electron chi connectivity index (χ1n) is 9.45. The Morgan fingerprint density at radius 3 is 2.38 bits per heavy atom. The van der Waals surface area contributed by atoms with Crippen LogP contribution in [0.1, 0.15) is 5.56 Å². The number of ether oxygens (including phenoxy) is 1. The average Bonchev–Trinajstić information content (AvgIpc) is 2.73. The maximum Gasteiger partial charge on any atom is 0.236 e. The minimum atomic E-state index is -3.49. The van der Waals surface area contributed by atoms with Gasteiger partial charge in [0.05, 0.1) is 0 Å². The van der Waals surface area contributed by atoms with Gasteiger partial charge in [0.25, 0.3) is 0 Å². The molecule has 29 heavy (non-hydrogen) atoms. The predicted octanol–water partition coefficient (Wildman–Crippen LogP) is 2.18. The van der Waals surface area contributed by atoms with Crippen LogP contribution in [0.2, 0.25) is 0 Å². The fourth-order valence-electron chi connectivity index (χ4n) is 3.08. The molecule has 1 heterocycles. The van der Waals surface area contributed by atoms with Crippen molar-refractivity contribution in [3.63, 3.8) is 0 Å². The Morgan fingerprint density at radius 1 is 1.03 bits per heavy atom. The second-order valence-corrected chi connectivity index (χ2v) is 8.67. The lowest BCUT2D eigenvalue weighted by molar-refractivity contribution is 0.0559. The summed E-state index contributed by atoms with van der Waals surface area (Å²) < 4.78 is 45.3. The summed E-state index contributed by atoms with van der Waals surface area (Å²) in [7, 11) is -3.49. The third kappa shape index (κ3) is 6.37. The lowest BCUT2D eigenvalue weighted by Gasteiger charge is -2.34. The summed E-state index contributed by atoms with van der Waals surface area (Å²) in [6.07, 6.45) is 0.793. The van der Waals surface area contributed by atoms with E-state index in [9.17, 15) is 17.9 Å². The van der Waals surface area contributed by atoms with Gasteiger partial charge in [0.1, 0.15) is 12.7 Å². The summed E-state index contributed by atoms with van der Waals surface area (Å²) in [6, 6.07) is 15.3. The molecule has 0 amide bonds. The van der Waals surface area contributed by atoms with Crippen LogP contribution >= 0.6 is 0 Å². The van der Waals surface area contributed by atoms with E-state index in [0.717, 1.165) is 5.56 Å². The molecule has 1 unspecified atom stereocenters. The molecule has 0 saturated carbocycles. The van der Waals surface area contributed by atoms with Crippen molar-refractivity contribution >= 4 is 16.1 Å². The van der Waals surface area contributed by atoms with Crippen LogP contribution in [0.25, 0.3) is 6.08 Å². The van der Waals surface area contributed by atoms with Gasteiger partial charge in [0.2, 0.25) is 10.0 Å². The van der Waals surface area contributed by atoms with Crippen LogP contribution in [0, 0.1) is 5.82 Å². The molecule has 0 bridgehead atoms. The van der Waals surface area contributed by atoms with Gasteiger partial charge in [-0.3, -0.25) is 4.90 Å². The van der Waals surface area contributed by atoms with E-state index in [0.29, 0.717) is 32.7 Å². The van der Waals surface area contributed by atoms with Gasteiger partial charge in [-0.05, 0) is 23.8 Å². The van der Waals surface area contributed by atoms with Crippen LogP contribution in [0.5, 0.6) is 5.75 Å². The van der Waals surface area contributed by atoms with Gasteiger partial charge in [-0.25, -0.2) is 12.8 Å². The van der Waals surface area contributed by atoms with Crippen LogP contribution in [-0.2, 0) is 10.0 Å². The molecule has 0 radical (unpaired) electrons. The molecule has 0 aromatic heterocycles. The van der Waals surface area contributed by atoms with Gasteiger partial charge in [-0.15, -0.1) is 0 Å². The second kappa shape index (κ2) is 9.98. The molecule has 1 fully saturated rings. The third-order valence-corrected chi connectivity index (χ3v) is 6.22. The molecular weight excluding hydrogens is 395 g/mol. The quantitative estimate of drug-likeness (QED) is 0.709. The normalized spacial score (nSPS) is 17.4. The number of benzene rings is 2. The number of hydrogen-bond acceptors (Lipinski definition) is 5. The number of aliphatic hydroxyl groups excluding tert-OH is 1. The molecular formula is C21H25FN2O4S. The van der Waals surface area contributed by atoms with Crippen LogP contribution in [0.15, 0.2) is 60.0 Å². The first-order valence-corrected chi connectivity index (χ1v) is 11.0. The van der Waals surface area contributed by atoms with E-state index in [1.165, 1.54) is 21.8 Å². The third-order valence-electron chi connectivity index (χ3n) is 4.66. The number of para-hydroxylation sites is 1. The zero-order chi connectivity index (χ0) is 20.7. The number of piperazine rings is 1. The Hall–Kier alpha value is -2.26. The van der Waals surface area contributed by atoms with Gasteiger partial charge in [-0.2, -0.15) is 4.31 Å². The Bertz CT molecular complexity index is 913. The Balaban J connectivity index is 1.45. The predicted molar refractivity (Wildman–Crippen MR) is 110 cm³/mol. The summed E-state index contributed by atoms with van der Waals surface area (Å²) in [4.78, 5) is 1.97. The largest absolute Gasteiger partial charge is 0.488 e. The first-order chi connectivity index (χ1) is 13.9. The van der Waals surface area contributed by atoms with Crippen LogP contribution < -0.4 is 4.74 Å². The van der Waals surface area contributed by atoms with E-state index < -0.39 is 21.9 Å². The monoisotopic (exact) mass is 420 g/mol. The molecule has 1 aliphatic rings. The molecule has 1 aliphatic heterocycles. The molecule has 0 spiro atoms. The van der Waals surface area contributed by atoms with Crippen molar-refractivity contribution in [3.8, 4) is 5.75 Å². The van der Waals surface area contributed by atoms with Crippen molar-refractivity contribution in [2.24, 2.45) is 0 Å². The highest BCUT2D eigenvalue weighted by atomic mass is 32.2. The number of β-amino-alcohol motifs (C(OH)–C–C–N with tert-alkyl or cyclic N) is 1. The number of hydrogen-bond donors (Lipinski definition) is 1. The van der Waals surface area contributed by atoms with Crippen LogP contribution in [-0.4, -0.2) is 68.2 Å². The Morgan fingerprint density at radius 2 is 1.69 bits per heavy atom. The summed E-state index contributed by atoms with van der Waals surface area (Å²) in [5.74, 6) is -0.366. The average molecular weight is 421 g/mol. The highest BCUT2D eigenvalue weighted by Gasteiger charge is 2.26. The Labute approximate surface area is 170 Å². The highest BCUT2D eigenvalue weighted by molar-refractivity contribution is 7.92. The van der Waals surface area contributed by atoms with E-state index >= 15 is 0 Å². The first kappa shape index (κ1) is 21.4. The summed E-state index contributed by atoms with van der Waals surface area (Å²) in [5, 5.41) is 11.4. The summed E-state index contributed by atoms with van der Waals surface area (Å²) >= 11 is 0. The standard InChI is InChI=1S/C21H25FN2O4S/c22-20-8-4-5-9-21(20)28-17-19(25)16-23-11-13-24(14-12-23)29(26,27)15-10-18-6-2-1-3-7-18/h1-10,15,19,25H,11-14,16-17H2/b15-10+. The maximum atomic E-state index is 13.5. The number of rotatable bonds is 8. The molecule has 6 nitrogen and oxygen atoms in total. The van der Waals surface area contributed by atoms with Gasteiger partial charge in [0, 0.05) is 38.1 Å². The molecule has 2 aromatic carbocycles. The summed E-state index contributed by atoms with van der Waals surface area (Å²) in [6.45, 7) is 2.02. The smallest absolute Gasteiger partial charge is 0.236 e. The van der Waals surface area contributed by atoms with E-state index in [4.69, 9.17) is 4.74 Å². The molecule has 3 rings (SSSR count). The minimum Gasteiger partial charge on any atom is -0.488 e. The van der Waals surface area contributed by atoms with Gasteiger partial charge in [-0.1, -0.05) is 42.5 Å². The Kier molecular flexibility index (Phi) is 7.38. The minimum absolute atomic E-state index is 0.0285. The molecule has 1 saturated heterocycles. The van der Waals surface area contributed by atoms with E-state index in [-0.39, 0.29) is 12.4 Å². The van der Waals surface area contributed by atoms with Crippen molar-refractivity contribution < 1.29 is 22.7 Å². The molecule has 1 N–H and O–H groups in total. The SMILES string of the molecule is O=S(=O)(/C=C/c1ccccc1)N1CCN(CC(O)COc2ccccc2F)CC1. The zero-order valence-electron chi connectivity index (χ0n) is 16.0. The van der Waals surface area contributed by atoms with E-state index in [1.807, 2.05) is 35.2 Å². The number of sulfonamides is 1. The van der Waals surface area contributed by atoms with Crippen molar-refractivity contribution in [3.05, 3.63) is 71.4 Å². The zero-order valence-corrected chi connectivity index (χ0v) is 16.8. The fraction of sp³-hybridized carbons (Fsp3) is 0.333. The van der Waals surface area contributed by atoms with Gasteiger partial charge >= 0.3 is 0 Å². The van der Waals surface area contributed by atoms with Gasteiger partial charge < -0.3 is 9.84 Å². The van der Waals surface area contributed by atoms with Gasteiger partial charge in [0.15, 0.2) is 11.6 Å². The van der Waals surface area contributed by atoms with Crippen molar-refractivity contribution in [2.45, 2.75) is 6.10 Å². The number of halogens is 1. The van der Waals surface area contributed by atoms with Crippen LogP contribution in [0.3, 0.4) is 0 Å². The van der Waals surface area contributed by atoms with E-state index in [2.05, 4.69) is 0 Å². The van der Waals surface area contributed by atoms with Crippen molar-refractivity contribution in [2.75, 3.05) is 39.3 Å². The maximum absolute atomic E-state index is 13.5. The second-order valence-electron chi connectivity index (χ2n) is 6.85. The van der Waals surface area contributed by atoms with Crippen molar-refractivity contribution in [1.82, 2.24) is 9.21 Å². The molecule has 156 valence electrons. The lowest BCUT2D eigenvalue weighted by atomic mass is 10.2. The highest BCUT2D eigenvalue weighted by Crippen LogP contribution is 2.16. The number of nitrogens with zero attached hydrogens (tertiary/aromatic N) is 2. The molecule has 2 aromatic rings. The fourth-order valence-corrected chi connectivity index (χ4v) is 4.25. The van der Waals surface area contributed by atoms with E-state index in [1.54, 1.807) is 18.2 Å². The van der Waals surface area contributed by atoms with Crippen LogP contribution in [0.4, 0.5) is 4.39 Å². The summed E-state index contributed by atoms with van der Waals surface area (Å²) in [5.41, 5.74) is 0.827. The number of aliphatic hydroxyl groups is 1.